The Kier molecular flexibility index (Phi) is 6.31. The minimum atomic E-state index is -3.67. The molecule has 0 saturated heterocycles. The average molecular weight is 472 g/mol. The molecule has 2 N–H and O–H groups in total. The second-order valence-electron chi connectivity index (χ2n) is 7.18. The number of aromatic nitrogens is 3. The summed E-state index contributed by atoms with van der Waals surface area (Å²) >= 11 is 6.06. The van der Waals surface area contributed by atoms with Gasteiger partial charge in [-0.15, -0.1) is 0 Å². The summed E-state index contributed by atoms with van der Waals surface area (Å²) in [5.74, 6) is 0.830. The molecule has 0 aliphatic carbocycles. The number of halogens is 1. The quantitative estimate of drug-likeness (QED) is 0.378. The predicted molar refractivity (Wildman–Crippen MR) is 124 cm³/mol. The van der Waals surface area contributed by atoms with Crippen molar-refractivity contribution < 1.29 is 13.5 Å². The first-order valence-corrected chi connectivity index (χ1v) is 11.8. The van der Waals surface area contributed by atoms with Gasteiger partial charge in [0, 0.05) is 37.8 Å². The van der Waals surface area contributed by atoms with Crippen molar-refractivity contribution in [1.82, 2.24) is 18.9 Å². The molecule has 0 saturated carbocycles. The third kappa shape index (κ3) is 4.40. The summed E-state index contributed by atoms with van der Waals surface area (Å²) in [6.07, 6.45) is 2.20. The first kappa shape index (κ1) is 22.1. The third-order valence-electron chi connectivity index (χ3n) is 5.02. The van der Waals surface area contributed by atoms with Crippen LogP contribution in [0.2, 0.25) is 5.02 Å². The highest BCUT2D eigenvalue weighted by Crippen LogP contribution is 2.29. The number of phenolic OH excluding ortho intramolecular Hbond substituents is 1. The van der Waals surface area contributed by atoms with Crippen LogP contribution in [0.15, 0.2) is 71.8 Å². The van der Waals surface area contributed by atoms with Crippen molar-refractivity contribution in [3.63, 3.8) is 0 Å². The van der Waals surface area contributed by atoms with Crippen molar-refractivity contribution in [2.45, 2.75) is 11.3 Å². The lowest BCUT2D eigenvalue weighted by Crippen LogP contribution is -2.29. The van der Waals surface area contributed by atoms with E-state index in [0.29, 0.717) is 42.2 Å². The maximum atomic E-state index is 12.8. The van der Waals surface area contributed by atoms with E-state index in [0.717, 1.165) is 0 Å². The molecule has 2 aromatic carbocycles. The van der Waals surface area contributed by atoms with Gasteiger partial charge in [0.2, 0.25) is 10.0 Å². The Labute approximate surface area is 191 Å². The zero-order chi connectivity index (χ0) is 22.7. The van der Waals surface area contributed by atoms with Gasteiger partial charge in [-0.3, -0.25) is 0 Å². The monoisotopic (exact) mass is 471 g/mol. The Bertz CT molecular complexity index is 1360. The van der Waals surface area contributed by atoms with Crippen molar-refractivity contribution in [2.24, 2.45) is 0 Å². The molecule has 0 atom stereocenters. The van der Waals surface area contributed by atoms with Crippen molar-refractivity contribution >= 4 is 33.1 Å². The maximum Gasteiger partial charge on any atom is 0.244 e. The fraction of sp³-hybridized carbons (Fsp3) is 0.182. The van der Waals surface area contributed by atoms with Crippen molar-refractivity contribution in [1.29, 1.82) is 0 Å². The molecular formula is C22H22ClN5O3S. The largest absolute Gasteiger partial charge is 0.507 e. The van der Waals surface area contributed by atoms with Gasteiger partial charge >= 0.3 is 0 Å². The van der Waals surface area contributed by atoms with Crippen molar-refractivity contribution in [3.8, 4) is 17.0 Å². The van der Waals surface area contributed by atoms with E-state index in [1.54, 1.807) is 59.2 Å². The fourth-order valence-electron chi connectivity index (χ4n) is 3.33. The molecule has 0 aliphatic heterocycles. The van der Waals surface area contributed by atoms with Crippen LogP contribution in [0, 0.1) is 0 Å². The van der Waals surface area contributed by atoms with E-state index < -0.39 is 10.0 Å². The number of hydrogen-bond donors (Lipinski definition) is 2. The van der Waals surface area contributed by atoms with Gasteiger partial charge in [-0.05, 0) is 30.7 Å². The number of benzene rings is 2. The Hall–Kier alpha value is -3.14. The molecule has 0 bridgehead atoms. The van der Waals surface area contributed by atoms with Gasteiger partial charge in [-0.25, -0.2) is 17.7 Å². The lowest BCUT2D eigenvalue weighted by Gasteiger charge is -2.18. The van der Waals surface area contributed by atoms with E-state index in [2.05, 4.69) is 15.4 Å². The van der Waals surface area contributed by atoms with Crippen LogP contribution in [0.5, 0.6) is 5.75 Å². The fourth-order valence-corrected chi connectivity index (χ4v) is 5.03. The van der Waals surface area contributed by atoms with E-state index >= 15 is 0 Å². The van der Waals surface area contributed by atoms with Crippen LogP contribution in [-0.2, 0) is 10.0 Å². The smallest absolute Gasteiger partial charge is 0.244 e. The summed E-state index contributed by atoms with van der Waals surface area (Å²) in [5, 5.41) is 18.0. The van der Waals surface area contributed by atoms with Crippen LogP contribution < -0.4 is 5.32 Å². The molecule has 10 heteroatoms. The number of sulfonamides is 1. The van der Waals surface area contributed by atoms with Crippen LogP contribution in [0.25, 0.3) is 16.9 Å². The van der Waals surface area contributed by atoms with Crippen molar-refractivity contribution in [3.05, 3.63) is 71.9 Å². The Balaban J connectivity index is 1.46. The molecule has 0 fully saturated rings. The normalized spacial score (nSPS) is 11.8. The van der Waals surface area contributed by atoms with E-state index in [-0.39, 0.29) is 15.7 Å². The van der Waals surface area contributed by atoms with Gasteiger partial charge < -0.3 is 10.4 Å². The molecule has 4 aromatic rings. The number of aromatic hydroxyl groups is 1. The summed E-state index contributed by atoms with van der Waals surface area (Å²) in [5.41, 5.74) is 1.86. The maximum absolute atomic E-state index is 12.8. The Morgan fingerprint density at radius 2 is 1.88 bits per heavy atom. The minimum absolute atomic E-state index is 0.0943. The topological polar surface area (TPSA) is 99.8 Å². The van der Waals surface area contributed by atoms with E-state index in [1.165, 1.54) is 17.4 Å². The van der Waals surface area contributed by atoms with Crippen LogP contribution in [0.3, 0.4) is 0 Å². The highest BCUT2D eigenvalue weighted by molar-refractivity contribution is 7.89. The van der Waals surface area contributed by atoms with Gasteiger partial charge in [0.25, 0.3) is 0 Å². The summed E-state index contributed by atoms with van der Waals surface area (Å²) in [4.78, 5) is 4.65. The van der Waals surface area contributed by atoms with E-state index in [1.807, 2.05) is 6.07 Å². The zero-order valence-electron chi connectivity index (χ0n) is 17.3. The molecule has 2 aromatic heterocycles. The molecule has 0 aliphatic rings. The second-order valence-corrected chi connectivity index (χ2v) is 9.60. The average Bonchev–Trinajstić information content (AvgIpc) is 3.26. The highest BCUT2D eigenvalue weighted by atomic mass is 35.5. The molecule has 0 unspecified atom stereocenters. The molecule has 4 rings (SSSR count). The van der Waals surface area contributed by atoms with Gasteiger partial charge in [-0.1, -0.05) is 35.9 Å². The van der Waals surface area contributed by atoms with Gasteiger partial charge in [0.15, 0.2) is 5.65 Å². The number of hydrogen-bond acceptors (Lipinski definition) is 6. The summed E-state index contributed by atoms with van der Waals surface area (Å²) in [6.45, 7) is 0.807. The van der Waals surface area contributed by atoms with Crippen LogP contribution >= 0.6 is 11.6 Å². The zero-order valence-corrected chi connectivity index (χ0v) is 18.9. The molecule has 0 amide bonds. The SMILES string of the molecule is CN(CCCNc1cc(-c2ccccc2O)nc2ccnn12)S(=O)(=O)c1ccccc1Cl. The Morgan fingerprint density at radius 1 is 1.12 bits per heavy atom. The summed E-state index contributed by atoms with van der Waals surface area (Å²) in [6, 6.07) is 17.0. The highest BCUT2D eigenvalue weighted by Gasteiger charge is 2.22. The first-order chi connectivity index (χ1) is 15.4. The third-order valence-corrected chi connectivity index (χ3v) is 7.38. The molecule has 166 valence electrons. The molecule has 0 radical (unpaired) electrons. The standard InChI is InChI=1S/C22H22ClN5O3S/c1-27(32(30,31)20-10-5-3-8-17(20)23)14-6-12-24-22-15-18(16-7-2-4-9-19(16)29)26-21-11-13-25-28(21)22/h2-5,7-11,13,15,24,29H,6,12,14H2,1H3. The van der Waals surface area contributed by atoms with Crippen molar-refractivity contribution in [2.75, 3.05) is 25.5 Å². The lowest BCUT2D eigenvalue weighted by atomic mass is 10.1. The number of rotatable bonds is 8. The minimum Gasteiger partial charge on any atom is -0.507 e. The van der Waals surface area contributed by atoms with Gasteiger partial charge in [-0.2, -0.15) is 9.61 Å². The molecule has 0 spiro atoms. The molecule has 8 nitrogen and oxygen atoms in total. The number of para-hydroxylation sites is 1. The van der Waals surface area contributed by atoms with Gasteiger partial charge in [0.05, 0.1) is 16.9 Å². The van der Waals surface area contributed by atoms with E-state index in [9.17, 15) is 13.5 Å². The molecular weight excluding hydrogens is 450 g/mol. The number of nitrogens with zero attached hydrogens (tertiary/aromatic N) is 4. The number of nitrogens with one attached hydrogen (secondary N) is 1. The number of anilines is 1. The second kappa shape index (κ2) is 9.15. The summed E-state index contributed by atoms with van der Waals surface area (Å²) < 4.78 is 28.5. The van der Waals surface area contributed by atoms with Crippen LogP contribution in [0.4, 0.5) is 5.82 Å². The first-order valence-electron chi connectivity index (χ1n) is 9.96. The predicted octanol–water partition coefficient (Wildman–Crippen LogP) is 3.88. The lowest BCUT2D eigenvalue weighted by molar-refractivity contribution is 0.465. The Morgan fingerprint density at radius 3 is 2.66 bits per heavy atom. The molecule has 32 heavy (non-hydrogen) atoms. The number of phenols is 1. The number of fused-ring (bicyclic) bond motifs is 1. The van der Waals surface area contributed by atoms with Crippen LogP contribution in [-0.4, -0.2) is 52.6 Å². The molecule has 2 heterocycles. The van der Waals surface area contributed by atoms with Crippen LogP contribution in [0.1, 0.15) is 6.42 Å². The summed E-state index contributed by atoms with van der Waals surface area (Å²) in [7, 11) is -2.13. The van der Waals surface area contributed by atoms with Gasteiger partial charge in [0.1, 0.15) is 16.5 Å². The van der Waals surface area contributed by atoms with E-state index in [4.69, 9.17) is 11.6 Å².